The van der Waals surface area contributed by atoms with Crippen LogP contribution < -0.4 is 0 Å². The molecule has 118 valence electrons. The highest BCUT2D eigenvalue weighted by Gasteiger charge is 2.14. The van der Waals surface area contributed by atoms with Crippen molar-refractivity contribution in [2.24, 2.45) is 0 Å². The van der Waals surface area contributed by atoms with Crippen LogP contribution in [0.5, 0.6) is 0 Å². The Balaban J connectivity index is 2.06. The number of hydrogen-bond acceptors (Lipinski definition) is 2. The highest BCUT2D eigenvalue weighted by Crippen LogP contribution is 2.25. The number of benzene rings is 2. The standard InChI is InChI=1S/C21H18N2O/c1-15-7-9-17(10-8-15)11-18(12-22)13-23-20-6-4-3-5-19(20)16(2)21(23)14-24/h3-11,14H,13H2,1-2H3/b18-11+. The van der Waals surface area contributed by atoms with Gasteiger partial charge in [0.2, 0.25) is 0 Å². The quantitative estimate of drug-likeness (QED) is 0.518. The molecule has 0 saturated carbocycles. The third-order valence-corrected chi connectivity index (χ3v) is 4.28. The number of nitriles is 1. The Morgan fingerprint density at radius 3 is 2.50 bits per heavy atom. The lowest BCUT2D eigenvalue weighted by Gasteiger charge is -2.07. The minimum absolute atomic E-state index is 0.382. The van der Waals surface area contributed by atoms with E-state index in [1.165, 1.54) is 5.56 Å². The highest BCUT2D eigenvalue weighted by atomic mass is 16.1. The van der Waals surface area contributed by atoms with Gasteiger partial charge in [-0.1, -0.05) is 48.0 Å². The Morgan fingerprint density at radius 2 is 1.83 bits per heavy atom. The first kappa shape index (κ1) is 15.8. The van der Waals surface area contributed by atoms with Crippen LogP contribution in [0.25, 0.3) is 17.0 Å². The molecule has 1 aromatic heterocycles. The molecular formula is C21H18N2O. The van der Waals surface area contributed by atoms with Gasteiger partial charge in [0.15, 0.2) is 6.29 Å². The number of carbonyl (C=O) groups excluding carboxylic acids is 1. The zero-order valence-electron chi connectivity index (χ0n) is 13.8. The van der Waals surface area contributed by atoms with Gasteiger partial charge >= 0.3 is 0 Å². The fourth-order valence-corrected chi connectivity index (χ4v) is 2.97. The lowest BCUT2D eigenvalue weighted by Crippen LogP contribution is -2.04. The van der Waals surface area contributed by atoms with Gasteiger partial charge in [0.05, 0.1) is 18.3 Å². The number of aromatic nitrogens is 1. The number of allylic oxidation sites excluding steroid dienone is 1. The van der Waals surface area contributed by atoms with Crippen molar-refractivity contribution >= 4 is 23.3 Å². The van der Waals surface area contributed by atoms with E-state index in [2.05, 4.69) is 6.07 Å². The monoisotopic (exact) mass is 314 g/mol. The maximum atomic E-state index is 11.6. The zero-order chi connectivity index (χ0) is 17.1. The molecule has 2 aromatic carbocycles. The van der Waals surface area contributed by atoms with Crippen molar-refractivity contribution in [2.45, 2.75) is 20.4 Å². The van der Waals surface area contributed by atoms with E-state index in [0.717, 1.165) is 28.3 Å². The molecule has 0 radical (unpaired) electrons. The Bertz CT molecular complexity index is 969. The fraction of sp³-hybridized carbons (Fsp3) is 0.143. The molecule has 0 fully saturated rings. The van der Waals surface area contributed by atoms with E-state index in [9.17, 15) is 10.1 Å². The summed E-state index contributed by atoms with van der Waals surface area (Å²) in [7, 11) is 0. The van der Waals surface area contributed by atoms with Crippen molar-refractivity contribution < 1.29 is 4.79 Å². The molecule has 0 N–H and O–H groups in total. The summed E-state index contributed by atoms with van der Waals surface area (Å²) in [4.78, 5) is 11.6. The van der Waals surface area contributed by atoms with Crippen molar-refractivity contribution in [3.05, 3.63) is 76.5 Å². The number of nitrogens with zero attached hydrogens (tertiary/aromatic N) is 2. The van der Waals surface area contributed by atoms with Gasteiger partial charge in [0, 0.05) is 16.5 Å². The number of aryl methyl sites for hydroxylation is 2. The van der Waals surface area contributed by atoms with E-state index in [-0.39, 0.29) is 0 Å². The Labute approximate surface area is 141 Å². The lowest BCUT2D eigenvalue weighted by atomic mass is 10.1. The maximum Gasteiger partial charge on any atom is 0.166 e. The lowest BCUT2D eigenvalue weighted by molar-refractivity contribution is 0.111. The van der Waals surface area contributed by atoms with Crippen molar-refractivity contribution in [3.63, 3.8) is 0 Å². The molecule has 0 atom stereocenters. The van der Waals surface area contributed by atoms with Gasteiger partial charge in [0.25, 0.3) is 0 Å². The molecule has 24 heavy (non-hydrogen) atoms. The van der Waals surface area contributed by atoms with Crippen LogP contribution in [0.4, 0.5) is 0 Å². The van der Waals surface area contributed by atoms with Gasteiger partial charge < -0.3 is 4.57 Å². The molecule has 3 nitrogen and oxygen atoms in total. The molecule has 0 unspecified atom stereocenters. The third kappa shape index (κ3) is 2.87. The van der Waals surface area contributed by atoms with Crippen LogP contribution in [0, 0.1) is 25.2 Å². The highest BCUT2D eigenvalue weighted by molar-refractivity contribution is 5.93. The number of hydrogen-bond donors (Lipinski definition) is 0. The Hall–Kier alpha value is -3.12. The van der Waals surface area contributed by atoms with Gasteiger partial charge in [-0.3, -0.25) is 4.79 Å². The van der Waals surface area contributed by atoms with Gasteiger partial charge in [-0.2, -0.15) is 5.26 Å². The summed E-state index contributed by atoms with van der Waals surface area (Å²) in [5, 5.41) is 10.6. The van der Waals surface area contributed by atoms with E-state index in [4.69, 9.17) is 0 Å². The van der Waals surface area contributed by atoms with Crippen LogP contribution in [0.3, 0.4) is 0 Å². The second-order valence-electron chi connectivity index (χ2n) is 5.92. The van der Waals surface area contributed by atoms with E-state index in [0.29, 0.717) is 17.8 Å². The van der Waals surface area contributed by atoms with E-state index in [1.54, 1.807) is 0 Å². The smallest absolute Gasteiger partial charge is 0.166 e. The summed E-state index contributed by atoms with van der Waals surface area (Å²) in [6, 6.07) is 18.2. The van der Waals surface area contributed by atoms with Gasteiger partial charge in [-0.15, -0.1) is 0 Å². The normalized spacial score (nSPS) is 11.5. The van der Waals surface area contributed by atoms with Crippen LogP contribution in [0.1, 0.15) is 27.2 Å². The van der Waals surface area contributed by atoms with Crippen LogP contribution in [-0.4, -0.2) is 10.9 Å². The first-order chi connectivity index (χ1) is 11.6. The van der Waals surface area contributed by atoms with Crippen molar-refractivity contribution in [3.8, 4) is 6.07 Å². The number of para-hydroxylation sites is 1. The van der Waals surface area contributed by atoms with E-state index >= 15 is 0 Å². The predicted molar refractivity (Wildman–Crippen MR) is 96.8 cm³/mol. The minimum atomic E-state index is 0.382. The second-order valence-corrected chi connectivity index (χ2v) is 5.92. The van der Waals surface area contributed by atoms with Gasteiger partial charge in [0.1, 0.15) is 0 Å². The molecule has 0 spiro atoms. The van der Waals surface area contributed by atoms with Crippen molar-refractivity contribution in [1.82, 2.24) is 4.57 Å². The van der Waals surface area contributed by atoms with E-state index in [1.807, 2.05) is 73.0 Å². The molecule has 0 amide bonds. The number of rotatable bonds is 4. The number of carbonyl (C=O) groups is 1. The molecule has 0 bridgehead atoms. The molecule has 3 heteroatoms. The topological polar surface area (TPSA) is 45.8 Å². The molecule has 0 aliphatic carbocycles. The molecule has 0 aliphatic heterocycles. The van der Waals surface area contributed by atoms with Crippen LogP contribution in [0.2, 0.25) is 0 Å². The Kier molecular flexibility index (Phi) is 4.31. The maximum absolute atomic E-state index is 11.6. The fourth-order valence-electron chi connectivity index (χ4n) is 2.97. The summed E-state index contributed by atoms with van der Waals surface area (Å²) in [6.45, 7) is 4.36. The summed E-state index contributed by atoms with van der Waals surface area (Å²) in [6.07, 6.45) is 2.74. The number of fused-ring (bicyclic) bond motifs is 1. The first-order valence-electron chi connectivity index (χ1n) is 7.84. The summed E-state index contributed by atoms with van der Waals surface area (Å²) >= 11 is 0. The van der Waals surface area contributed by atoms with Crippen LogP contribution in [-0.2, 0) is 6.54 Å². The molecular weight excluding hydrogens is 296 g/mol. The summed E-state index contributed by atoms with van der Waals surface area (Å²) in [5.41, 5.74) is 5.33. The minimum Gasteiger partial charge on any atom is -0.333 e. The molecule has 3 aromatic rings. The molecule has 3 rings (SSSR count). The SMILES string of the molecule is Cc1ccc(/C=C(\C#N)Cn2c(C=O)c(C)c3ccccc32)cc1. The average Bonchev–Trinajstić information content (AvgIpc) is 2.88. The first-order valence-corrected chi connectivity index (χ1v) is 7.84. The average molecular weight is 314 g/mol. The molecule has 1 heterocycles. The largest absolute Gasteiger partial charge is 0.333 e. The molecule has 0 aliphatic rings. The Morgan fingerprint density at radius 1 is 1.12 bits per heavy atom. The van der Waals surface area contributed by atoms with Gasteiger partial charge in [-0.25, -0.2) is 0 Å². The summed E-state index contributed by atoms with van der Waals surface area (Å²) in [5.74, 6) is 0. The second kappa shape index (κ2) is 6.55. The van der Waals surface area contributed by atoms with Gasteiger partial charge in [-0.05, 0) is 37.1 Å². The predicted octanol–water partition coefficient (Wildman–Crippen LogP) is 4.68. The molecule has 0 saturated heterocycles. The summed E-state index contributed by atoms with van der Waals surface area (Å²) < 4.78 is 1.92. The van der Waals surface area contributed by atoms with Crippen molar-refractivity contribution in [1.29, 1.82) is 5.26 Å². The zero-order valence-corrected chi connectivity index (χ0v) is 13.8. The van der Waals surface area contributed by atoms with Crippen LogP contribution >= 0.6 is 0 Å². The van der Waals surface area contributed by atoms with E-state index < -0.39 is 0 Å². The van der Waals surface area contributed by atoms with Crippen LogP contribution in [0.15, 0.2) is 54.1 Å². The third-order valence-electron chi connectivity index (χ3n) is 4.28. The van der Waals surface area contributed by atoms with Crippen molar-refractivity contribution in [2.75, 3.05) is 0 Å². The number of aldehydes is 1.